The fourth-order valence-electron chi connectivity index (χ4n) is 13.1. The van der Waals surface area contributed by atoms with Crippen LogP contribution in [0.5, 0.6) is 0 Å². The molecule has 5 atom stereocenters. The van der Waals surface area contributed by atoms with Gasteiger partial charge in [-0.05, 0) is 31.6 Å². The summed E-state index contributed by atoms with van der Waals surface area (Å²) in [5.41, 5.74) is 0. The zero-order valence-corrected chi connectivity index (χ0v) is 69.3. The molecule has 0 aromatic heterocycles. The van der Waals surface area contributed by atoms with Gasteiger partial charge in [-0.15, -0.1) is 0 Å². The van der Waals surface area contributed by atoms with Crippen molar-refractivity contribution in [2.45, 2.75) is 470 Å². The van der Waals surface area contributed by atoms with E-state index in [-0.39, 0.29) is 25.7 Å². The van der Waals surface area contributed by atoms with Gasteiger partial charge in [-0.1, -0.05) is 401 Å². The summed E-state index contributed by atoms with van der Waals surface area (Å²) < 4.78 is 68.8. The number of phosphoric acid groups is 2. The van der Waals surface area contributed by atoms with Crippen LogP contribution < -0.4 is 0 Å². The summed E-state index contributed by atoms with van der Waals surface area (Å²) in [6.07, 6.45) is 69.3. The van der Waals surface area contributed by atoms with Crippen molar-refractivity contribution < 1.29 is 80.2 Å². The molecule has 0 aromatic rings. The number of hydrogen-bond acceptors (Lipinski definition) is 15. The molecule has 0 spiro atoms. The van der Waals surface area contributed by atoms with Crippen molar-refractivity contribution in [1.82, 2.24) is 0 Å². The molecule has 19 heteroatoms. The molecule has 0 aliphatic carbocycles. The predicted molar refractivity (Wildman–Crippen MR) is 423 cm³/mol. The van der Waals surface area contributed by atoms with E-state index in [0.717, 1.165) is 95.8 Å². The molecule has 17 nitrogen and oxygen atoms in total. The second-order valence-corrected chi connectivity index (χ2v) is 33.6. The summed E-state index contributed by atoms with van der Waals surface area (Å²) >= 11 is 0. The number of carbonyl (C=O) groups is 4. The van der Waals surface area contributed by atoms with Crippen LogP contribution >= 0.6 is 15.6 Å². The average molecular weight is 1510 g/mol. The van der Waals surface area contributed by atoms with Gasteiger partial charge in [-0.2, -0.15) is 0 Å². The van der Waals surface area contributed by atoms with E-state index >= 15 is 0 Å². The normalized spacial score (nSPS) is 13.8. The number of carbonyl (C=O) groups excluding carboxylic acids is 4. The fourth-order valence-corrected chi connectivity index (χ4v) is 14.7. The number of esters is 4. The van der Waals surface area contributed by atoms with Gasteiger partial charge < -0.3 is 33.8 Å². The van der Waals surface area contributed by atoms with E-state index < -0.39 is 97.5 Å². The maximum absolute atomic E-state index is 13.1. The number of ether oxygens (including phenoxy) is 4. The van der Waals surface area contributed by atoms with Gasteiger partial charge in [0, 0.05) is 25.7 Å². The summed E-state index contributed by atoms with van der Waals surface area (Å²) in [5.74, 6) is -1.29. The Hall–Kier alpha value is -1.94. The fraction of sp³-hybridized carbons (Fsp3) is 0.952. The van der Waals surface area contributed by atoms with Gasteiger partial charge in [0.05, 0.1) is 26.4 Å². The van der Waals surface area contributed by atoms with Crippen molar-refractivity contribution >= 4 is 39.5 Å². The largest absolute Gasteiger partial charge is 0.472 e. The lowest BCUT2D eigenvalue weighted by Crippen LogP contribution is -2.30. The summed E-state index contributed by atoms with van der Waals surface area (Å²) in [6.45, 7) is 7.38. The van der Waals surface area contributed by atoms with Gasteiger partial charge >= 0.3 is 39.5 Å². The zero-order valence-electron chi connectivity index (χ0n) is 67.5. The Morgan fingerprint density at radius 3 is 0.660 bits per heavy atom. The molecule has 0 fully saturated rings. The third-order valence-electron chi connectivity index (χ3n) is 19.8. The van der Waals surface area contributed by atoms with Crippen LogP contribution in [0.1, 0.15) is 452 Å². The second-order valence-electron chi connectivity index (χ2n) is 30.7. The van der Waals surface area contributed by atoms with Gasteiger partial charge in [-0.25, -0.2) is 9.13 Å². The van der Waals surface area contributed by atoms with Gasteiger partial charge in [0.2, 0.25) is 0 Å². The summed E-state index contributed by atoms with van der Waals surface area (Å²) in [7, 11) is -9.92. The van der Waals surface area contributed by atoms with Gasteiger partial charge in [0.15, 0.2) is 12.2 Å². The Morgan fingerprint density at radius 2 is 0.447 bits per heavy atom. The predicted octanol–water partition coefficient (Wildman–Crippen LogP) is 25.6. The molecule has 0 saturated heterocycles. The molecular formula is C84H164O17P2. The van der Waals surface area contributed by atoms with E-state index in [9.17, 15) is 43.2 Å². The first-order chi connectivity index (χ1) is 50.0. The molecule has 0 amide bonds. The molecule has 0 aliphatic heterocycles. The number of phosphoric ester groups is 2. The molecule has 2 unspecified atom stereocenters. The van der Waals surface area contributed by atoms with Crippen molar-refractivity contribution in [3.8, 4) is 0 Å². The minimum atomic E-state index is -4.96. The SMILES string of the molecule is CCCCCCCCCCCCCCCCCCCCCCC(=O)O[C@H](COC(=O)CCCCCCCCCCCCCCCCCCC(C)C)COP(=O)(O)OC[C@@H](O)COP(=O)(O)OC[C@@H](COC(=O)CCCCCCCCCCCCCC)OC(=O)CCCCCCCCCCCCCC. The van der Waals surface area contributed by atoms with E-state index in [1.807, 2.05) is 0 Å². The number of rotatable bonds is 84. The maximum Gasteiger partial charge on any atom is 0.472 e. The van der Waals surface area contributed by atoms with Gasteiger partial charge in [0.25, 0.3) is 0 Å². The van der Waals surface area contributed by atoms with Gasteiger partial charge in [0.1, 0.15) is 19.3 Å². The van der Waals surface area contributed by atoms with Crippen molar-refractivity contribution in [2.75, 3.05) is 39.6 Å². The van der Waals surface area contributed by atoms with Crippen LogP contribution in [0.15, 0.2) is 0 Å². The Morgan fingerprint density at radius 1 is 0.262 bits per heavy atom. The lowest BCUT2D eigenvalue weighted by molar-refractivity contribution is -0.161. The third-order valence-corrected chi connectivity index (χ3v) is 21.7. The van der Waals surface area contributed by atoms with Crippen LogP contribution in [-0.2, 0) is 65.4 Å². The maximum atomic E-state index is 13.1. The molecule has 0 bridgehead atoms. The minimum absolute atomic E-state index is 0.108. The van der Waals surface area contributed by atoms with E-state index in [1.165, 1.54) is 276 Å². The quantitative estimate of drug-likeness (QED) is 0.0222. The standard InChI is InChI=1S/C84H164O17P2/c1-6-9-12-15-18-21-24-27-28-29-30-31-32-37-40-45-50-55-60-65-70-84(89)101-80(74-95-82(87)68-63-58-53-48-44-39-36-34-33-35-38-41-46-51-56-61-66-77(4)5)76-99-103(92,93)97-72-78(85)71-96-102(90,91)98-75-79(100-83(88)69-64-59-54-49-43-26-23-20-17-14-11-8-3)73-94-81(86)67-62-57-52-47-42-25-22-19-16-13-10-7-2/h77-80,85H,6-76H2,1-5H3,(H,90,91)(H,92,93)/t78-,79+,80+/m0/s1. The summed E-state index contributed by atoms with van der Waals surface area (Å²) in [5, 5.41) is 10.7. The molecule has 0 radical (unpaired) electrons. The Balaban J connectivity index is 5.23. The number of aliphatic hydroxyl groups is 1. The zero-order chi connectivity index (χ0) is 75.5. The molecular weight excluding hydrogens is 1340 g/mol. The third kappa shape index (κ3) is 78.0. The van der Waals surface area contributed by atoms with Crippen LogP contribution in [0.3, 0.4) is 0 Å². The van der Waals surface area contributed by atoms with Crippen LogP contribution in [0, 0.1) is 5.92 Å². The van der Waals surface area contributed by atoms with E-state index in [0.29, 0.717) is 25.7 Å². The molecule has 0 heterocycles. The highest BCUT2D eigenvalue weighted by Gasteiger charge is 2.30. The first-order valence-corrected chi connectivity index (χ1v) is 46.6. The van der Waals surface area contributed by atoms with E-state index in [1.54, 1.807) is 0 Å². The Labute approximate surface area is 632 Å². The minimum Gasteiger partial charge on any atom is -0.462 e. The summed E-state index contributed by atoms with van der Waals surface area (Å²) in [4.78, 5) is 73.1. The van der Waals surface area contributed by atoms with Crippen LogP contribution in [-0.4, -0.2) is 96.7 Å². The Kier molecular flexibility index (Phi) is 75.4. The molecule has 103 heavy (non-hydrogen) atoms. The summed E-state index contributed by atoms with van der Waals surface area (Å²) in [6, 6.07) is 0. The monoisotopic (exact) mass is 1510 g/mol. The molecule has 0 saturated carbocycles. The van der Waals surface area contributed by atoms with E-state index in [2.05, 4.69) is 34.6 Å². The molecule has 3 N–H and O–H groups in total. The van der Waals surface area contributed by atoms with Crippen molar-refractivity contribution in [2.24, 2.45) is 5.92 Å². The topological polar surface area (TPSA) is 237 Å². The molecule has 0 aromatic carbocycles. The van der Waals surface area contributed by atoms with Crippen molar-refractivity contribution in [3.05, 3.63) is 0 Å². The number of unbranched alkanes of at least 4 members (excludes halogenated alkanes) is 56. The molecule has 612 valence electrons. The van der Waals surface area contributed by atoms with Gasteiger partial charge in [-0.3, -0.25) is 37.3 Å². The Bertz CT molecular complexity index is 1960. The molecule has 0 rings (SSSR count). The first-order valence-electron chi connectivity index (χ1n) is 43.6. The lowest BCUT2D eigenvalue weighted by Gasteiger charge is -2.21. The lowest BCUT2D eigenvalue weighted by atomic mass is 10.0. The first kappa shape index (κ1) is 101. The highest BCUT2D eigenvalue weighted by atomic mass is 31.2. The molecule has 0 aliphatic rings. The van der Waals surface area contributed by atoms with E-state index in [4.69, 9.17) is 37.0 Å². The van der Waals surface area contributed by atoms with Crippen LogP contribution in [0.4, 0.5) is 0 Å². The number of hydrogen-bond donors (Lipinski definition) is 3. The second kappa shape index (κ2) is 76.8. The highest BCUT2D eigenvalue weighted by molar-refractivity contribution is 7.47. The number of aliphatic hydroxyl groups excluding tert-OH is 1. The smallest absolute Gasteiger partial charge is 0.462 e. The van der Waals surface area contributed by atoms with Crippen molar-refractivity contribution in [3.63, 3.8) is 0 Å². The van der Waals surface area contributed by atoms with Crippen LogP contribution in [0.2, 0.25) is 0 Å². The highest BCUT2D eigenvalue weighted by Crippen LogP contribution is 2.45. The van der Waals surface area contributed by atoms with Crippen molar-refractivity contribution in [1.29, 1.82) is 0 Å². The average Bonchev–Trinajstić information content (AvgIpc) is 0.920. The van der Waals surface area contributed by atoms with Crippen LogP contribution in [0.25, 0.3) is 0 Å².